The Morgan fingerprint density at radius 3 is 2.67 bits per heavy atom. The second kappa shape index (κ2) is 5.82. The van der Waals surface area contributed by atoms with Crippen molar-refractivity contribution in [2.75, 3.05) is 18.5 Å². The number of nitrogen functional groups attached to an aromatic ring is 1. The predicted molar refractivity (Wildman–Crippen MR) is 74.3 cm³/mol. The summed E-state index contributed by atoms with van der Waals surface area (Å²) in [6.07, 6.45) is 0.339. The van der Waals surface area contributed by atoms with Gasteiger partial charge in [-0.2, -0.15) is 0 Å². The number of nitrogens with two attached hydrogens (primary N) is 1. The van der Waals surface area contributed by atoms with Gasteiger partial charge in [-0.3, -0.25) is 10.4 Å². The van der Waals surface area contributed by atoms with E-state index in [2.05, 4.69) is 4.98 Å². The molecule has 0 bridgehead atoms. The Bertz CT molecular complexity index is 443. The van der Waals surface area contributed by atoms with Crippen molar-refractivity contribution >= 4 is 11.5 Å². The zero-order valence-electron chi connectivity index (χ0n) is 11.5. The molecule has 0 spiro atoms. The summed E-state index contributed by atoms with van der Waals surface area (Å²) in [5, 5.41) is 17.0. The highest BCUT2D eigenvalue weighted by Gasteiger charge is 2.14. The number of aromatic nitrogens is 1. The Balaban J connectivity index is 3.09. The van der Waals surface area contributed by atoms with Crippen molar-refractivity contribution in [3.8, 4) is 0 Å². The van der Waals surface area contributed by atoms with Crippen molar-refractivity contribution in [2.45, 2.75) is 33.3 Å². The van der Waals surface area contributed by atoms with Gasteiger partial charge in [0.15, 0.2) is 0 Å². The van der Waals surface area contributed by atoms with E-state index in [9.17, 15) is 5.11 Å². The van der Waals surface area contributed by atoms with Gasteiger partial charge in [-0.25, -0.2) is 0 Å². The van der Waals surface area contributed by atoms with Crippen LogP contribution in [0, 0.1) is 19.3 Å². The number of hydrogen-bond acceptors (Lipinski definition) is 4. The number of rotatable bonds is 5. The number of aliphatic hydroxyl groups is 1. The molecule has 1 heterocycles. The van der Waals surface area contributed by atoms with Crippen molar-refractivity contribution in [3.63, 3.8) is 0 Å². The second-order valence-electron chi connectivity index (χ2n) is 4.72. The van der Waals surface area contributed by atoms with E-state index in [0.29, 0.717) is 18.5 Å². The summed E-state index contributed by atoms with van der Waals surface area (Å²) in [5.74, 6) is 0.0268. The van der Waals surface area contributed by atoms with Gasteiger partial charge in [0, 0.05) is 19.3 Å². The van der Waals surface area contributed by atoms with Gasteiger partial charge in [0.25, 0.3) is 0 Å². The van der Waals surface area contributed by atoms with E-state index in [-0.39, 0.29) is 11.9 Å². The largest absolute Gasteiger partial charge is 0.393 e. The fourth-order valence-electron chi connectivity index (χ4n) is 1.94. The normalized spacial score (nSPS) is 12.3. The van der Waals surface area contributed by atoms with E-state index in [4.69, 9.17) is 11.1 Å². The molecule has 0 aliphatic carbocycles. The molecular weight excluding hydrogens is 228 g/mol. The van der Waals surface area contributed by atoms with Gasteiger partial charge in [-0.05, 0) is 33.3 Å². The molecule has 0 radical (unpaired) electrons. The van der Waals surface area contributed by atoms with Gasteiger partial charge < -0.3 is 15.7 Å². The lowest BCUT2D eigenvalue weighted by molar-refractivity contribution is 0.187. The van der Waals surface area contributed by atoms with Crippen LogP contribution in [0.2, 0.25) is 0 Å². The quantitative estimate of drug-likeness (QED) is 0.541. The van der Waals surface area contributed by atoms with Crippen LogP contribution in [-0.2, 0) is 0 Å². The number of nitrogens with one attached hydrogen (secondary N) is 1. The number of aryl methyl sites for hydroxylation is 2. The minimum absolute atomic E-state index is 0.0268. The first-order chi connectivity index (χ1) is 8.32. The molecule has 0 saturated carbocycles. The minimum atomic E-state index is -0.336. The molecule has 0 aromatic carbocycles. The SMILES string of the molecule is Cc1cc(N(C)CCC(C)O)c(C(=N)N)c(C)n1. The molecule has 5 nitrogen and oxygen atoms in total. The van der Waals surface area contributed by atoms with Crippen molar-refractivity contribution in [2.24, 2.45) is 5.73 Å². The average molecular weight is 250 g/mol. The molecule has 18 heavy (non-hydrogen) atoms. The van der Waals surface area contributed by atoms with E-state index in [1.165, 1.54) is 0 Å². The zero-order valence-corrected chi connectivity index (χ0v) is 11.5. The van der Waals surface area contributed by atoms with Gasteiger partial charge >= 0.3 is 0 Å². The molecule has 100 valence electrons. The molecule has 1 unspecified atom stereocenters. The summed E-state index contributed by atoms with van der Waals surface area (Å²) in [6, 6.07) is 1.92. The van der Waals surface area contributed by atoms with Gasteiger partial charge in [0.2, 0.25) is 0 Å². The van der Waals surface area contributed by atoms with Crippen LogP contribution < -0.4 is 10.6 Å². The average Bonchev–Trinajstić information content (AvgIpc) is 2.23. The van der Waals surface area contributed by atoms with Crippen LogP contribution in [-0.4, -0.2) is 35.6 Å². The summed E-state index contributed by atoms with van der Waals surface area (Å²) in [6.45, 7) is 6.25. The van der Waals surface area contributed by atoms with Crippen LogP contribution in [0.15, 0.2) is 6.07 Å². The Morgan fingerprint density at radius 1 is 1.56 bits per heavy atom. The standard InChI is InChI=1S/C13H22N4O/c1-8-7-11(17(4)6-5-9(2)18)12(13(14)15)10(3)16-8/h7,9,18H,5-6H2,1-4H3,(H3,14,15). The topological polar surface area (TPSA) is 86.2 Å². The molecule has 0 aliphatic rings. The molecule has 0 fully saturated rings. The molecular formula is C13H22N4O. The van der Waals surface area contributed by atoms with Gasteiger partial charge in [-0.15, -0.1) is 0 Å². The monoisotopic (exact) mass is 250 g/mol. The summed E-state index contributed by atoms with van der Waals surface area (Å²) in [7, 11) is 1.93. The lowest BCUT2D eigenvalue weighted by Gasteiger charge is -2.24. The van der Waals surface area contributed by atoms with Crippen molar-refractivity contribution < 1.29 is 5.11 Å². The molecule has 0 saturated heterocycles. The number of pyridine rings is 1. The lowest BCUT2D eigenvalue weighted by atomic mass is 10.1. The Labute approximate surface area is 108 Å². The molecule has 0 aliphatic heterocycles. The highest BCUT2D eigenvalue weighted by atomic mass is 16.3. The molecule has 1 aromatic heterocycles. The van der Waals surface area contributed by atoms with Crippen LogP contribution in [0.1, 0.15) is 30.3 Å². The van der Waals surface area contributed by atoms with Gasteiger partial charge in [-0.1, -0.05) is 0 Å². The molecule has 1 rings (SSSR count). The number of aliphatic hydroxyl groups excluding tert-OH is 1. The first kappa shape index (κ1) is 14.4. The van der Waals surface area contributed by atoms with Crippen molar-refractivity contribution in [1.29, 1.82) is 5.41 Å². The molecule has 0 amide bonds. The summed E-state index contributed by atoms with van der Waals surface area (Å²) in [5.41, 5.74) is 8.86. The maximum Gasteiger partial charge on any atom is 0.126 e. The lowest BCUT2D eigenvalue weighted by Crippen LogP contribution is -2.26. The van der Waals surface area contributed by atoms with Gasteiger partial charge in [0.1, 0.15) is 5.84 Å². The number of amidine groups is 1. The Hall–Kier alpha value is -1.62. The first-order valence-electron chi connectivity index (χ1n) is 6.04. The van der Waals surface area contributed by atoms with Crippen molar-refractivity contribution in [1.82, 2.24) is 4.98 Å². The molecule has 1 aromatic rings. The summed E-state index contributed by atoms with van der Waals surface area (Å²) in [4.78, 5) is 6.34. The van der Waals surface area contributed by atoms with Crippen LogP contribution in [0.25, 0.3) is 0 Å². The fraction of sp³-hybridized carbons (Fsp3) is 0.538. The van der Waals surface area contributed by atoms with E-state index >= 15 is 0 Å². The summed E-state index contributed by atoms with van der Waals surface area (Å²) < 4.78 is 0. The van der Waals surface area contributed by atoms with Crippen LogP contribution >= 0.6 is 0 Å². The van der Waals surface area contributed by atoms with Crippen LogP contribution in [0.4, 0.5) is 5.69 Å². The second-order valence-corrected chi connectivity index (χ2v) is 4.72. The smallest absolute Gasteiger partial charge is 0.126 e. The van der Waals surface area contributed by atoms with E-state index < -0.39 is 0 Å². The third-order valence-electron chi connectivity index (χ3n) is 2.87. The third kappa shape index (κ3) is 3.43. The van der Waals surface area contributed by atoms with Crippen LogP contribution in [0.5, 0.6) is 0 Å². The first-order valence-corrected chi connectivity index (χ1v) is 6.04. The Kier molecular flexibility index (Phi) is 4.67. The highest BCUT2D eigenvalue weighted by Crippen LogP contribution is 2.23. The van der Waals surface area contributed by atoms with E-state index in [1.54, 1.807) is 6.92 Å². The molecule has 1 atom stereocenters. The van der Waals surface area contributed by atoms with Gasteiger partial charge in [0.05, 0.1) is 23.0 Å². The maximum absolute atomic E-state index is 9.33. The zero-order chi connectivity index (χ0) is 13.9. The maximum atomic E-state index is 9.33. The number of hydrogen-bond donors (Lipinski definition) is 3. The molecule has 4 N–H and O–H groups in total. The minimum Gasteiger partial charge on any atom is -0.393 e. The van der Waals surface area contributed by atoms with E-state index in [0.717, 1.165) is 17.1 Å². The highest BCUT2D eigenvalue weighted by molar-refractivity contribution is 6.01. The Morgan fingerprint density at radius 2 is 2.17 bits per heavy atom. The summed E-state index contributed by atoms with van der Waals surface area (Å²) >= 11 is 0. The molecule has 5 heteroatoms. The number of anilines is 1. The van der Waals surface area contributed by atoms with Crippen LogP contribution in [0.3, 0.4) is 0 Å². The predicted octanol–water partition coefficient (Wildman–Crippen LogP) is 1.19. The third-order valence-corrected chi connectivity index (χ3v) is 2.87. The fourth-order valence-corrected chi connectivity index (χ4v) is 1.94. The van der Waals surface area contributed by atoms with E-state index in [1.807, 2.05) is 31.9 Å². The van der Waals surface area contributed by atoms with Crippen molar-refractivity contribution in [3.05, 3.63) is 23.0 Å². The number of nitrogens with zero attached hydrogens (tertiary/aromatic N) is 2.